The highest BCUT2D eigenvalue weighted by Crippen LogP contribution is 2.36. The van der Waals surface area contributed by atoms with Crippen molar-refractivity contribution in [1.29, 1.82) is 0 Å². The largest absolute Gasteiger partial charge is 0.466 e. The molecule has 0 aromatic carbocycles. The zero-order valence-electron chi connectivity index (χ0n) is 16.6. The maximum absolute atomic E-state index is 12.8. The fraction of sp³-hybridized carbons (Fsp3) is 0.650. The number of amides is 4. The first-order valence-electron chi connectivity index (χ1n) is 9.73. The van der Waals surface area contributed by atoms with Crippen molar-refractivity contribution in [2.75, 3.05) is 13.1 Å². The maximum Gasteiger partial charge on any atom is 0.322 e. The minimum absolute atomic E-state index is 0.0268. The molecule has 2 aliphatic rings. The van der Waals surface area contributed by atoms with Crippen LogP contribution in [0.2, 0.25) is 0 Å². The Balaban J connectivity index is 1.70. The lowest BCUT2D eigenvalue weighted by atomic mass is 9.74. The summed E-state index contributed by atoms with van der Waals surface area (Å²) in [5.74, 6) is 1.58. The van der Waals surface area contributed by atoms with E-state index < -0.39 is 11.6 Å². The topological polar surface area (TPSA) is 91.7 Å². The van der Waals surface area contributed by atoms with Crippen molar-refractivity contribution in [3.63, 3.8) is 0 Å². The average molecular weight is 375 g/mol. The molecule has 0 radical (unpaired) electrons. The third-order valence-electron chi connectivity index (χ3n) is 5.84. The van der Waals surface area contributed by atoms with Gasteiger partial charge in [-0.25, -0.2) is 4.79 Å². The smallest absolute Gasteiger partial charge is 0.322 e. The highest BCUT2D eigenvalue weighted by molar-refractivity contribution is 6.07. The lowest BCUT2D eigenvalue weighted by molar-refractivity contribution is -0.127. The van der Waals surface area contributed by atoms with E-state index in [9.17, 15) is 14.4 Å². The Morgan fingerprint density at radius 2 is 1.96 bits per heavy atom. The highest BCUT2D eigenvalue weighted by atomic mass is 16.3. The average Bonchev–Trinajstić information content (AvgIpc) is 3.10. The van der Waals surface area contributed by atoms with Crippen LogP contribution in [-0.4, -0.2) is 41.4 Å². The van der Waals surface area contributed by atoms with Crippen molar-refractivity contribution >= 4 is 17.8 Å². The summed E-state index contributed by atoms with van der Waals surface area (Å²) in [7, 11) is 0. The van der Waals surface area contributed by atoms with E-state index in [4.69, 9.17) is 4.42 Å². The number of hydrogen-bond acceptors (Lipinski definition) is 4. The van der Waals surface area contributed by atoms with E-state index in [0.717, 1.165) is 12.2 Å². The lowest BCUT2D eigenvalue weighted by Crippen LogP contribution is -2.56. The maximum atomic E-state index is 12.8. The zero-order valence-corrected chi connectivity index (χ0v) is 16.6. The minimum atomic E-state index is -0.849. The Morgan fingerprint density at radius 1 is 1.30 bits per heavy atom. The first-order valence-corrected chi connectivity index (χ1v) is 9.73. The molecule has 3 heterocycles. The second-order valence-electron chi connectivity index (χ2n) is 8.21. The van der Waals surface area contributed by atoms with Gasteiger partial charge >= 0.3 is 6.03 Å². The van der Waals surface area contributed by atoms with Crippen LogP contribution in [0.15, 0.2) is 10.5 Å². The predicted molar refractivity (Wildman–Crippen MR) is 100 cm³/mol. The van der Waals surface area contributed by atoms with Gasteiger partial charge in [-0.05, 0) is 57.4 Å². The van der Waals surface area contributed by atoms with Crippen LogP contribution < -0.4 is 10.6 Å². The normalized spacial score (nSPS) is 23.7. The van der Waals surface area contributed by atoms with Gasteiger partial charge in [-0.1, -0.05) is 13.8 Å². The van der Waals surface area contributed by atoms with Gasteiger partial charge in [0, 0.05) is 13.1 Å². The van der Waals surface area contributed by atoms with Crippen LogP contribution in [0.5, 0.6) is 0 Å². The van der Waals surface area contributed by atoms with E-state index in [2.05, 4.69) is 24.5 Å². The number of urea groups is 1. The Labute approximate surface area is 159 Å². The SMILES string of the molecule is Cc1cc(C(=O)N2CCC(C3(CCC(C)C)NC(=O)NC3=O)CC2)c(C)o1. The van der Waals surface area contributed by atoms with E-state index in [1.54, 1.807) is 13.0 Å². The van der Waals surface area contributed by atoms with Crippen LogP contribution >= 0.6 is 0 Å². The molecule has 3 rings (SSSR count). The Hall–Kier alpha value is -2.31. The molecule has 7 heteroatoms. The number of carbonyl (C=O) groups is 3. The summed E-state index contributed by atoms with van der Waals surface area (Å²) in [4.78, 5) is 39.1. The first-order chi connectivity index (χ1) is 12.7. The number of nitrogens with one attached hydrogen (secondary N) is 2. The molecule has 1 aromatic heterocycles. The van der Waals surface area contributed by atoms with E-state index in [1.165, 1.54) is 0 Å². The molecule has 2 fully saturated rings. The summed E-state index contributed by atoms with van der Waals surface area (Å²) in [5, 5.41) is 5.33. The van der Waals surface area contributed by atoms with Crippen LogP contribution in [0, 0.1) is 25.7 Å². The number of hydrogen-bond donors (Lipinski definition) is 2. The number of nitrogens with zero attached hydrogens (tertiary/aromatic N) is 1. The molecule has 7 nitrogen and oxygen atoms in total. The quantitative estimate of drug-likeness (QED) is 0.774. The van der Waals surface area contributed by atoms with Crippen molar-refractivity contribution < 1.29 is 18.8 Å². The summed E-state index contributed by atoms with van der Waals surface area (Å²) in [5.41, 5.74) is -0.245. The number of piperidine rings is 1. The van der Waals surface area contributed by atoms with Gasteiger partial charge < -0.3 is 14.6 Å². The highest BCUT2D eigenvalue weighted by Gasteiger charge is 2.52. The van der Waals surface area contributed by atoms with Gasteiger partial charge in [0.1, 0.15) is 17.1 Å². The third kappa shape index (κ3) is 3.73. The Morgan fingerprint density at radius 3 is 2.44 bits per heavy atom. The molecular formula is C20H29N3O4. The number of imide groups is 1. The molecule has 4 amide bonds. The van der Waals surface area contributed by atoms with Crippen molar-refractivity contribution in [3.05, 3.63) is 23.2 Å². The molecule has 148 valence electrons. The van der Waals surface area contributed by atoms with Gasteiger partial charge in [-0.15, -0.1) is 0 Å². The van der Waals surface area contributed by atoms with Gasteiger partial charge in [0.05, 0.1) is 5.56 Å². The third-order valence-corrected chi connectivity index (χ3v) is 5.84. The second-order valence-corrected chi connectivity index (χ2v) is 8.21. The molecular weight excluding hydrogens is 346 g/mol. The van der Waals surface area contributed by atoms with Gasteiger partial charge in [0.15, 0.2) is 0 Å². The van der Waals surface area contributed by atoms with Crippen LogP contribution in [0.4, 0.5) is 4.79 Å². The molecule has 0 aliphatic carbocycles. The summed E-state index contributed by atoms with van der Waals surface area (Å²) < 4.78 is 5.48. The zero-order chi connectivity index (χ0) is 19.8. The first kappa shape index (κ1) is 19.5. The lowest BCUT2D eigenvalue weighted by Gasteiger charge is -2.41. The van der Waals surface area contributed by atoms with Gasteiger partial charge in [0.2, 0.25) is 0 Å². The number of furan rings is 1. The summed E-state index contributed by atoms with van der Waals surface area (Å²) in [6, 6.07) is 1.37. The van der Waals surface area contributed by atoms with Gasteiger partial charge in [0.25, 0.3) is 11.8 Å². The molecule has 0 saturated carbocycles. The number of rotatable bonds is 5. The molecule has 0 spiro atoms. The molecule has 1 aromatic rings. The fourth-order valence-corrected chi connectivity index (χ4v) is 4.28. The van der Waals surface area contributed by atoms with Crippen LogP contribution in [0.3, 0.4) is 0 Å². The standard InChI is InChI=1S/C20H29N3O4/c1-12(2)5-8-20(18(25)21-19(26)22-20)15-6-9-23(10-7-15)17(24)16-11-13(3)27-14(16)4/h11-12,15H,5-10H2,1-4H3,(H2,21,22,25,26). The van der Waals surface area contributed by atoms with Crippen LogP contribution in [0.25, 0.3) is 0 Å². The molecule has 2 N–H and O–H groups in total. The predicted octanol–water partition coefficient (Wildman–Crippen LogP) is 2.76. The van der Waals surface area contributed by atoms with Crippen LogP contribution in [-0.2, 0) is 4.79 Å². The van der Waals surface area contributed by atoms with E-state index in [1.807, 2.05) is 11.8 Å². The number of likely N-dealkylation sites (tertiary alicyclic amines) is 1. The molecule has 1 atom stereocenters. The van der Waals surface area contributed by atoms with Crippen LogP contribution in [0.1, 0.15) is 61.4 Å². The number of aryl methyl sites for hydroxylation is 2. The van der Waals surface area contributed by atoms with Crippen molar-refractivity contribution in [2.45, 2.75) is 58.9 Å². The van der Waals surface area contributed by atoms with E-state index in [0.29, 0.717) is 49.6 Å². The Bertz CT molecular complexity index is 746. The van der Waals surface area contributed by atoms with Crippen molar-refractivity contribution in [2.24, 2.45) is 11.8 Å². The van der Waals surface area contributed by atoms with Crippen molar-refractivity contribution in [3.8, 4) is 0 Å². The summed E-state index contributed by atoms with van der Waals surface area (Å²) in [6.45, 7) is 8.99. The monoisotopic (exact) mass is 375 g/mol. The molecule has 27 heavy (non-hydrogen) atoms. The van der Waals surface area contributed by atoms with E-state index in [-0.39, 0.29) is 17.7 Å². The second kappa shape index (κ2) is 7.37. The van der Waals surface area contributed by atoms with Crippen molar-refractivity contribution in [1.82, 2.24) is 15.5 Å². The molecule has 0 bridgehead atoms. The molecule has 1 unspecified atom stereocenters. The summed E-state index contributed by atoms with van der Waals surface area (Å²) in [6.07, 6.45) is 2.86. The minimum Gasteiger partial charge on any atom is -0.466 e. The Kier molecular flexibility index (Phi) is 5.31. The van der Waals surface area contributed by atoms with E-state index >= 15 is 0 Å². The summed E-state index contributed by atoms with van der Waals surface area (Å²) >= 11 is 0. The van der Waals surface area contributed by atoms with Gasteiger partial charge in [-0.2, -0.15) is 0 Å². The molecule has 2 aliphatic heterocycles. The molecule has 2 saturated heterocycles. The number of carbonyl (C=O) groups excluding carboxylic acids is 3. The van der Waals surface area contributed by atoms with Gasteiger partial charge in [-0.3, -0.25) is 14.9 Å². The fourth-order valence-electron chi connectivity index (χ4n) is 4.28.